The third-order valence-corrected chi connectivity index (χ3v) is 23.4. The molecule has 0 saturated heterocycles. The van der Waals surface area contributed by atoms with Gasteiger partial charge in [0.2, 0.25) is 0 Å². The zero-order valence-electron chi connectivity index (χ0n) is 35.0. The Morgan fingerprint density at radius 3 is 1.85 bits per heavy atom. The van der Waals surface area contributed by atoms with Crippen molar-refractivity contribution >= 4 is 22.6 Å². The van der Waals surface area contributed by atoms with E-state index in [4.69, 9.17) is 8.85 Å². The second-order valence-electron chi connectivity index (χ2n) is 20.8. The first-order chi connectivity index (χ1) is 21.3. The van der Waals surface area contributed by atoms with E-state index in [0.29, 0.717) is 17.8 Å². The number of hydrogen-bond acceptors (Lipinski definition) is 3. The summed E-state index contributed by atoms with van der Waals surface area (Å²) < 4.78 is 14.5. The largest absolute Gasteiger partial charge is 0.481 e. The molecule has 4 nitrogen and oxygen atoms in total. The molecule has 6 atom stereocenters. The summed E-state index contributed by atoms with van der Waals surface area (Å²) in [6, 6.07) is 0. The van der Waals surface area contributed by atoms with E-state index in [1.54, 1.807) is 0 Å². The Balaban J connectivity index is 2.61. The monoisotopic (exact) mass is 701 g/mol. The lowest BCUT2D eigenvalue weighted by Crippen LogP contribution is -2.48. The summed E-state index contributed by atoms with van der Waals surface area (Å²) in [7, 11) is -4.07. The minimum absolute atomic E-state index is 0.0382. The van der Waals surface area contributed by atoms with Gasteiger partial charge >= 0.3 is 5.97 Å². The van der Waals surface area contributed by atoms with Crippen molar-refractivity contribution in [3.05, 3.63) is 23.8 Å². The third kappa shape index (κ3) is 8.83. The molecule has 0 spiro atoms. The molecule has 0 radical (unpaired) electrons. The van der Waals surface area contributed by atoms with Crippen molar-refractivity contribution in [2.45, 2.75) is 179 Å². The Kier molecular flexibility index (Phi) is 12.7. The van der Waals surface area contributed by atoms with Gasteiger partial charge in [0.25, 0.3) is 0 Å². The minimum Gasteiger partial charge on any atom is -0.481 e. The topological polar surface area (TPSA) is 55.8 Å². The maximum Gasteiger partial charge on any atom is 0.309 e. The zero-order valence-corrected chi connectivity index (χ0v) is 37.0. The summed E-state index contributed by atoms with van der Waals surface area (Å²) in [5.41, 5.74) is -0.291. The van der Waals surface area contributed by atoms with Crippen molar-refractivity contribution in [1.29, 1.82) is 0 Å². The molecular formula is C42H76O4Si2. The van der Waals surface area contributed by atoms with Crippen LogP contribution in [-0.4, -0.2) is 39.9 Å². The van der Waals surface area contributed by atoms with Crippen molar-refractivity contribution in [3.8, 4) is 11.8 Å². The quantitative estimate of drug-likeness (QED) is 0.125. The van der Waals surface area contributed by atoms with Crippen LogP contribution in [0.4, 0.5) is 0 Å². The third-order valence-electron chi connectivity index (χ3n) is 14.4. The molecule has 2 aliphatic carbocycles. The minimum atomic E-state index is -2.07. The summed E-state index contributed by atoms with van der Waals surface area (Å²) in [5, 5.41) is 10.4. The molecule has 0 aromatic rings. The summed E-state index contributed by atoms with van der Waals surface area (Å²) in [6.07, 6.45) is 10.7. The SMILES string of the molecule is CC#CC(C)(C)C(C)[C@@H](/C=C/[C@@H]1[C@H]2C/C(=C/C(C)(C)C(C)(C)C(C)(C)C(=O)O)C[C@H]2C[C@H]1O[Si](C)(C)C(C)(C)C)O[Si](C)(C)C(C)(C)C. The Labute approximate surface area is 300 Å². The van der Waals surface area contributed by atoms with E-state index in [1.807, 2.05) is 20.8 Å². The zero-order chi connectivity index (χ0) is 37.7. The Bertz CT molecular complexity index is 1270. The Morgan fingerprint density at radius 1 is 0.875 bits per heavy atom. The number of fused-ring (bicyclic) bond motifs is 1. The average Bonchev–Trinajstić information content (AvgIpc) is 3.40. The van der Waals surface area contributed by atoms with Crippen LogP contribution in [0.2, 0.25) is 36.3 Å². The number of aliphatic carboxylic acids is 1. The molecule has 276 valence electrons. The molecule has 0 aromatic heterocycles. The second-order valence-corrected chi connectivity index (χ2v) is 30.3. The van der Waals surface area contributed by atoms with Gasteiger partial charge in [-0.15, -0.1) is 5.92 Å². The van der Waals surface area contributed by atoms with Gasteiger partial charge in [-0.3, -0.25) is 4.79 Å². The highest BCUT2D eigenvalue weighted by Crippen LogP contribution is 2.57. The molecule has 0 heterocycles. The van der Waals surface area contributed by atoms with Crippen LogP contribution < -0.4 is 0 Å². The number of rotatable bonds is 12. The Hall–Kier alpha value is -1.14. The van der Waals surface area contributed by atoms with Gasteiger partial charge in [-0.25, -0.2) is 0 Å². The summed E-state index contributed by atoms with van der Waals surface area (Å²) in [4.78, 5) is 12.3. The van der Waals surface area contributed by atoms with Crippen molar-refractivity contribution in [2.24, 2.45) is 45.3 Å². The molecule has 0 bridgehead atoms. The normalized spacial score (nSPS) is 25.6. The van der Waals surface area contributed by atoms with E-state index >= 15 is 0 Å². The highest BCUT2D eigenvalue weighted by molar-refractivity contribution is 6.74. The lowest BCUT2D eigenvalue weighted by atomic mass is 9.54. The molecule has 2 fully saturated rings. The fourth-order valence-electron chi connectivity index (χ4n) is 7.22. The maximum absolute atomic E-state index is 12.3. The summed E-state index contributed by atoms with van der Waals surface area (Å²) in [5.74, 6) is 7.52. The van der Waals surface area contributed by atoms with Gasteiger partial charge in [-0.1, -0.05) is 106 Å². The van der Waals surface area contributed by atoms with Gasteiger partial charge in [0.15, 0.2) is 16.6 Å². The number of carbonyl (C=O) groups is 1. The number of carboxylic acid groups (broad SMARTS) is 1. The average molecular weight is 701 g/mol. The molecule has 2 rings (SSSR count). The maximum atomic E-state index is 12.3. The molecule has 6 heteroatoms. The predicted molar refractivity (Wildman–Crippen MR) is 211 cm³/mol. The van der Waals surface area contributed by atoms with Crippen LogP contribution in [0, 0.1) is 57.2 Å². The van der Waals surface area contributed by atoms with Gasteiger partial charge in [0.1, 0.15) is 0 Å². The first-order valence-corrected chi connectivity index (χ1v) is 24.5. The van der Waals surface area contributed by atoms with E-state index in [9.17, 15) is 9.90 Å². The second kappa shape index (κ2) is 14.1. The molecule has 0 aliphatic heterocycles. The van der Waals surface area contributed by atoms with Crippen molar-refractivity contribution in [1.82, 2.24) is 0 Å². The van der Waals surface area contributed by atoms with Crippen LogP contribution in [0.1, 0.15) is 130 Å². The van der Waals surface area contributed by atoms with Crippen LogP contribution in [0.5, 0.6) is 0 Å². The highest BCUT2D eigenvalue weighted by atomic mass is 28.4. The first kappa shape index (κ1) is 43.0. The van der Waals surface area contributed by atoms with Gasteiger partial charge < -0.3 is 14.0 Å². The van der Waals surface area contributed by atoms with E-state index in [-0.39, 0.29) is 39.0 Å². The lowest BCUT2D eigenvalue weighted by Gasteiger charge is -2.49. The summed E-state index contributed by atoms with van der Waals surface area (Å²) in [6.45, 7) is 44.7. The fourth-order valence-corrected chi connectivity index (χ4v) is 9.90. The van der Waals surface area contributed by atoms with Gasteiger partial charge in [0.05, 0.1) is 17.6 Å². The molecule has 0 aromatic carbocycles. The van der Waals surface area contributed by atoms with Gasteiger partial charge in [0, 0.05) is 17.3 Å². The van der Waals surface area contributed by atoms with Crippen molar-refractivity contribution in [2.75, 3.05) is 0 Å². The lowest BCUT2D eigenvalue weighted by molar-refractivity contribution is -0.158. The van der Waals surface area contributed by atoms with Gasteiger partial charge in [-0.05, 0) is 113 Å². The van der Waals surface area contributed by atoms with Crippen molar-refractivity contribution in [3.63, 3.8) is 0 Å². The molecule has 2 saturated carbocycles. The van der Waals surface area contributed by atoms with Crippen molar-refractivity contribution < 1.29 is 18.8 Å². The standard InChI is InChI=1S/C42H76O4Si2/c1-21-24-39(9,10)29(2)34(45-47(17,18)37(3,4)5)23-22-32-33-26-30(28-40(11,12)42(15,16)41(13,14)36(43)44)25-31(33)27-35(32)46-48(19,20)38(6,7)8/h22-23,28-29,31-35H,25-27H2,1-20H3,(H,43,44)/b23-22+,30-28+/t29?,31-,32+,33-,34+,35+/m0/s1. The van der Waals surface area contributed by atoms with E-state index < -0.39 is 33.4 Å². The predicted octanol–water partition coefficient (Wildman–Crippen LogP) is 12.1. The molecule has 48 heavy (non-hydrogen) atoms. The molecule has 1 N–H and O–H groups in total. The van der Waals surface area contributed by atoms with Crippen LogP contribution in [0.25, 0.3) is 0 Å². The van der Waals surface area contributed by atoms with Crippen LogP contribution in [-0.2, 0) is 13.6 Å². The smallest absolute Gasteiger partial charge is 0.309 e. The molecule has 1 unspecified atom stereocenters. The molecule has 2 aliphatic rings. The van der Waals surface area contributed by atoms with Crippen LogP contribution in [0.15, 0.2) is 23.8 Å². The molecular weight excluding hydrogens is 625 g/mol. The van der Waals surface area contributed by atoms with Crippen LogP contribution >= 0.6 is 0 Å². The van der Waals surface area contributed by atoms with Gasteiger partial charge in [-0.2, -0.15) is 0 Å². The highest BCUT2D eigenvalue weighted by Gasteiger charge is 2.54. The summed E-state index contributed by atoms with van der Waals surface area (Å²) >= 11 is 0. The number of allylic oxidation sites excluding steroid dienone is 2. The Morgan fingerprint density at radius 2 is 1.40 bits per heavy atom. The number of hydrogen-bond donors (Lipinski definition) is 1. The fraction of sp³-hybridized carbons (Fsp3) is 0.833. The number of carboxylic acids is 1. The van der Waals surface area contributed by atoms with Crippen LogP contribution in [0.3, 0.4) is 0 Å². The van der Waals surface area contributed by atoms with E-state index in [2.05, 4.69) is 146 Å². The molecule has 0 amide bonds. The van der Waals surface area contributed by atoms with E-state index in [0.717, 1.165) is 19.3 Å². The first-order valence-electron chi connectivity index (χ1n) is 18.7. The van der Waals surface area contributed by atoms with E-state index in [1.165, 1.54) is 5.57 Å².